The van der Waals surface area contributed by atoms with E-state index in [-0.39, 0.29) is 6.61 Å². The lowest BCUT2D eigenvalue weighted by atomic mass is 10.3. The summed E-state index contributed by atoms with van der Waals surface area (Å²) in [7, 11) is 0. The number of nitrogens with zero attached hydrogens (tertiary/aromatic N) is 1. The highest BCUT2D eigenvalue weighted by Gasteiger charge is 2.02. The van der Waals surface area contributed by atoms with Gasteiger partial charge in [0.05, 0.1) is 16.8 Å². The molecule has 0 spiro atoms. The minimum absolute atomic E-state index is 0.0250. The maximum absolute atomic E-state index is 10.4. The first kappa shape index (κ1) is 12.9. The van der Waals surface area contributed by atoms with Gasteiger partial charge in [-0.05, 0) is 12.1 Å². The van der Waals surface area contributed by atoms with E-state index in [4.69, 9.17) is 10.5 Å². The topological polar surface area (TPSA) is 77.2 Å². The van der Waals surface area contributed by atoms with Crippen LogP contribution in [0, 0.1) is 0 Å². The zero-order chi connectivity index (χ0) is 12.8. The van der Waals surface area contributed by atoms with Crippen molar-refractivity contribution in [1.82, 2.24) is 10.3 Å². The van der Waals surface area contributed by atoms with Crippen LogP contribution in [-0.4, -0.2) is 30.6 Å². The van der Waals surface area contributed by atoms with Crippen molar-refractivity contribution in [3.05, 3.63) is 29.3 Å². The van der Waals surface area contributed by atoms with Gasteiger partial charge in [-0.3, -0.25) is 4.79 Å². The SMILES string of the molecule is NC(=O)COCCNCc1nc2ccccc2s1. The summed E-state index contributed by atoms with van der Waals surface area (Å²) in [5.41, 5.74) is 5.98. The van der Waals surface area contributed by atoms with Gasteiger partial charge < -0.3 is 15.8 Å². The van der Waals surface area contributed by atoms with Crippen molar-refractivity contribution in [2.24, 2.45) is 5.73 Å². The van der Waals surface area contributed by atoms with E-state index in [0.29, 0.717) is 19.7 Å². The number of aromatic nitrogens is 1. The first-order valence-corrected chi connectivity index (χ1v) is 6.48. The summed E-state index contributed by atoms with van der Waals surface area (Å²) in [5.74, 6) is -0.443. The van der Waals surface area contributed by atoms with E-state index in [1.54, 1.807) is 11.3 Å². The summed E-state index contributed by atoms with van der Waals surface area (Å²) in [5, 5.41) is 4.25. The van der Waals surface area contributed by atoms with Gasteiger partial charge in [0.2, 0.25) is 5.91 Å². The van der Waals surface area contributed by atoms with Gasteiger partial charge in [0.1, 0.15) is 11.6 Å². The smallest absolute Gasteiger partial charge is 0.243 e. The highest BCUT2D eigenvalue weighted by atomic mass is 32.1. The Kier molecular flexibility index (Phi) is 4.63. The predicted octanol–water partition coefficient (Wildman–Crippen LogP) is 0.888. The van der Waals surface area contributed by atoms with Crippen LogP contribution in [0.2, 0.25) is 0 Å². The highest BCUT2D eigenvalue weighted by molar-refractivity contribution is 7.18. The Morgan fingerprint density at radius 2 is 2.28 bits per heavy atom. The molecule has 3 N–H and O–H groups in total. The van der Waals surface area contributed by atoms with E-state index in [2.05, 4.69) is 16.4 Å². The van der Waals surface area contributed by atoms with Gasteiger partial charge >= 0.3 is 0 Å². The van der Waals surface area contributed by atoms with Crippen molar-refractivity contribution in [2.45, 2.75) is 6.54 Å². The van der Waals surface area contributed by atoms with Crippen LogP contribution in [0.15, 0.2) is 24.3 Å². The van der Waals surface area contributed by atoms with E-state index < -0.39 is 5.91 Å². The molecule has 0 unspecified atom stereocenters. The first-order valence-electron chi connectivity index (χ1n) is 5.67. The largest absolute Gasteiger partial charge is 0.370 e. The Balaban J connectivity index is 1.72. The number of carbonyl (C=O) groups is 1. The van der Waals surface area contributed by atoms with Gasteiger partial charge in [-0.15, -0.1) is 11.3 Å². The Morgan fingerprint density at radius 3 is 3.06 bits per heavy atom. The number of primary amides is 1. The normalized spacial score (nSPS) is 10.9. The minimum atomic E-state index is -0.443. The van der Waals surface area contributed by atoms with E-state index >= 15 is 0 Å². The molecule has 1 aromatic heterocycles. The molecule has 0 aliphatic heterocycles. The lowest BCUT2D eigenvalue weighted by Gasteiger charge is -2.02. The number of carbonyl (C=O) groups excluding carboxylic acids is 1. The molecule has 18 heavy (non-hydrogen) atoms. The molecule has 2 aromatic rings. The van der Waals surface area contributed by atoms with Crippen molar-refractivity contribution in [3.8, 4) is 0 Å². The van der Waals surface area contributed by atoms with Gasteiger partial charge in [-0.25, -0.2) is 4.98 Å². The average molecular weight is 265 g/mol. The molecule has 0 atom stereocenters. The van der Waals surface area contributed by atoms with Gasteiger partial charge in [0.25, 0.3) is 0 Å². The second-order valence-electron chi connectivity index (χ2n) is 3.77. The second kappa shape index (κ2) is 6.44. The van der Waals surface area contributed by atoms with Crippen molar-refractivity contribution in [1.29, 1.82) is 0 Å². The zero-order valence-electron chi connectivity index (χ0n) is 9.89. The van der Waals surface area contributed by atoms with Crippen LogP contribution >= 0.6 is 11.3 Å². The highest BCUT2D eigenvalue weighted by Crippen LogP contribution is 2.20. The minimum Gasteiger partial charge on any atom is -0.370 e. The summed E-state index contributed by atoms with van der Waals surface area (Å²) in [6, 6.07) is 8.06. The lowest BCUT2D eigenvalue weighted by Crippen LogP contribution is -2.23. The third-order valence-electron chi connectivity index (χ3n) is 2.28. The molecule has 2 rings (SSSR count). The monoisotopic (exact) mass is 265 g/mol. The lowest BCUT2D eigenvalue weighted by molar-refractivity contribution is -0.122. The Morgan fingerprint density at radius 1 is 1.44 bits per heavy atom. The number of nitrogens with one attached hydrogen (secondary N) is 1. The van der Waals surface area contributed by atoms with Crippen LogP contribution in [0.4, 0.5) is 0 Å². The number of nitrogens with two attached hydrogens (primary N) is 1. The van der Waals surface area contributed by atoms with Crippen molar-refractivity contribution >= 4 is 27.5 Å². The molecule has 6 heteroatoms. The number of hydrogen-bond donors (Lipinski definition) is 2. The molecule has 0 aliphatic rings. The summed E-state index contributed by atoms with van der Waals surface area (Å²) >= 11 is 1.68. The van der Waals surface area contributed by atoms with Crippen LogP contribution in [0.25, 0.3) is 10.2 Å². The van der Waals surface area contributed by atoms with E-state index in [9.17, 15) is 4.79 Å². The molecule has 0 saturated carbocycles. The standard InChI is InChI=1S/C12H15N3O2S/c13-11(16)8-17-6-5-14-7-12-15-9-3-1-2-4-10(9)18-12/h1-4,14H,5-8H2,(H2,13,16). The average Bonchev–Trinajstić information content (AvgIpc) is 2.75. The summed E-state index contributed by atoms with van der Waals surface area (Å²) in [6.45, 7) is 1.82. The van der Waals surface area contributed by atoms with E-state index in [1.807, 2.05) is 18.2 Å². The number of amides is 1. The summed E-state index contributed by atoms with van der Waals surface area (Å²) in [6.07, 6.45) is 0. The van der Waals surface area contributed by atoms with Crippen molar-refractivity contribution in [3.63, 3.8) is 0 Å². The number of para-hydroxylation sites is 1. The van der Waals surface area contributed by atoms with Crippen molar-refractivity contribution in [2.75, 3.05) is 19.8 Å². The number of ether oxygens (including phenoxy) is 1. The fourth-order valence-electron chi connectivity index (χ4n) is 1.51. The molecule has 5 nitrogen and oxygen atoms in total. The summed E-state index contributed by atoms with van der Waals surface area (Å²) in [4.78, 5) is 14.9. The number of rotatable bonds is 7. The van der Waals surface area contributed by atoms with Crippen LogP contribution in [0.3, 0.4) is 0 Å². The van der Waals surface area contributed by atoms with Gasteiger partial charge in [-0.1, -0.05) is 12.1 Å². The Labute approximate surface area is 109 Å². The third kappa shape index (κ3) is 3.76. The van der Waals surface area contributed by atoms with Crippen molar-refractivity contribution < 1.29 is 9.53 Å². The molecule has 0 saturated heterocycles. The van der Waals surface area contributed by atoms with Crippen LogP contribution < -0.4 is 11.1 Å². The van der Waals surface area contributed by atoms with Gasteiger partial charge in [-0.2, -0.15) is 0 Å². The maximum Gasteiger partial charge on any atom is 0.243 e. The van der Waals surface area contributed by atoms with Crippen LogP contribution in [0.5, 0.6) is 0 Å². The van der Waals surface area contributed by atoms with Gasteiger partial charge in [0, 0.05) is 13.1 Å². The fraction of sp³-hybridized carbons (Fsp3) is 0.333. The molecule has 0 radical (unpaired) electrons. The van der Waals surface area contributed by atoms with E-state index in [0.717, 1.165) is 10.5 Å². The Hall–Kier alpha value is -1.50. The van der Waals surface area contributed by atoms with Crippen LogP contribution in [0.1, 0.15) is 5.01 Å². The molecule has 0 fully saturated rings. The summed E-state index contributed by atoms with van der Waals surface area (Å²) < 4.78 is 6.23. The van der Waals surface area contributed by atoms with Gasteiger partial charge in [0.15, 0.2) is 0 Å². The zero-order valence-corrected chi connectivity index (χ0v) is 10.7. The number of hydrogen-bond acceptors (Lipinski definition) is 5. The molecule has 1 amide bonds. The quantitative estimate of drug-likeness (QED) is 0.729. The molecular formula is C12H15N3O2S. The number of benzene rings is 1. The Bertz CT molecular complexity index is 494. The second-order valence-corrected chi connectivity index (χ2v) is 4.89. The molecular weight excluding hydrogens is 250 g/mol. The number of fused-ring (bicyclic) bond motifs is 1. The maximum atomic E-state index is 10.4. The van der Waals surface area contributed by atoms with Crippen LogP contribution in [-0.2, 0) is 16.1 Å². The first-order chi connectivity index (χ1) is 8.75. The fourth-order valence-corrected chi connectivity index (χ4v) is 2.44. The number of thiazole rings is 1. The molecule has 0 bridgehead atoms. The predicted molar refractivity (Wildman–Crippen MR) is 71.3 cm³/mol. The molecule has 0 aliphatic carbocycles. The van der Waals surface area contributed by atoms with E-state index in [1.165, 1.54) is 4.70 Å². The third-order valence-corrected chi connectivity index (χ3v) is 3.32. The molecule has 1 aromatic carbocycles. The molecule has 1 heterocycles. The molecule has 96 valence electrons.